The zero-order chi connectivity index (χ0) is 18.2. The van der Waals surface area contributed by atoms with Crippen LogP contribution >= 0.6 is 11.3 Å². The van der Waals surface area contributed by atoms with Gasteiger partial charge in [-0.3, -0.25) is 0 Å². The van der Waals surface area contributed by atoms with Gasteiger partial charge in [-0.1, -0.05) is 12.1 Å². The summed E-state index contributed by atoms with van der Waals surface area (Å²) in [6, 6.07) is 9.42. The lowest BCUT2D eigenvalue weighted by Gasteiger charge is -2.25. The molecule has 1 heterocycles. The minimum absolute atomic E-state index is 0.0875. The zero-order valence-corrected chi connectivity index (χ0v) is 15.8. The molecule has 3 N–H and O–H groups in total. The lowest BCUT2D eigenvalue weighted by Crippen LogP contribution is -2.47. The second-order valence-electron chi connectivity index (χ2n) is 6.58. The van der Waals surface area contributed by atoms with Crippen LogP contribution in [0.1, 0.15) is 18.1 Å². The number of phenolic OH excluding ortho intramolecular Hbond substituents is 1. The molecule has 0 fully saturated rings. The molecule has 2 amide bonds. The highest BCUT2D eigenvalue weighted by molar-refractivity contribution is 7.07. The summed E-state index contributed by atoms with van der Waals surface area (Å²) in [5.41, 5.74) is 2.38. The number of nitrogens with one attached hydrogen (secondary N) is 2. The number of aromatic hydroxyl groups is 1. The second kappa shape index (κ2) is 9.44. The molecule has 0 aliphatic carbocycles. The van der Waals surface area contributed by atoms with E-state index in [-0.39, 0.29) is 23.9 Å². The van der Waals surface area contributed by atoms with Crippen molar-refractivity contribution in [3.05, 3.63) is 52.2 Å². The van der Waals surface area contributed by atoms with Crippen molar-refractivity contribution in [2.45, 2.75) is 31.8 Å². The van der Waals surface area contributed by atoms with Crippen molar-refractivity contribution in [1.82, 2.24) is 15.5 Å². The zero-order valence-electron chi connectivity index (χ0n) is 15.0. The number of amides is 2. The van der Waals surface area contributed by atoms with Crippen LogP contribution in [0.4, 0.5) is 4.79 Å². The van der Waals surface area contributed by atoms with E-state index in [1.165, 1.54) is 5.56 Å². The minimum atomic E-state index is -0.139. The molecule has 6 heteroatoms. The Morgan fingerprint density at radius 1 is 1.16 bits per heavy atom. The Labute approximate surface area is 153 Å². The van der Waals surface area contributed by atoms with Crippen LogP contribution in [0.5, 0.6) is 5.75 Å². The van der Waals surface area contributed by atoms with Crippen LogP contribution in [0.15, 0.2) is 41.1 Å². The van der Waals surface area contributed by atoms with E-state index >= 15 is 0 Å². The van der Waals surface area contributed by atoms with Crippen LogP contribution in [-0.4, -0.2) is 48.8 Å². The quantitative estimate of drug-likeness (QED) is 0.677. The van der Waals surface area contributed by atoms with E-state index in [0.29, 0.717) is 6.54 Å². The predicted molar refractivity (Wildman–Crippen MR) is 103 cm³/mol. The number of rotatable bonds is 8. The summed E-state index contributed by atoms with van der Waals surface area (Å²) in [4.78, 5) is 14.2. The van der Waals surface area contributed by atoms with Crippen LogP contribution in [0.25, 0.3) is 0 Å². The van der Waals surface area contributed by atoms with Crippen LogP contribution in [0.3, 0.4) is 0 Å². The summed E-state index contributed by atoms with van der Waals surface area (Å²) in [5, 5.41) is 19.5. The fourth-order valence-corrected chi connectivity index (χ4v) is 3.32. The van der Waals surface area contributed by atoms with Gasteiger partial charge in [0, 0.05) is 18.6 Å². The Morgan fingerprint density at radius 2 is 1.88 bits per heavy atom. The number of hydrogen-bond acceptors (Lipinski definition) is 4. The van der Waals surface area contributed by atoms with Gasteiger partial charge in [-0.15, -0.1) is 0 Å². The second-order valence-corrected chi connectivity index (χ2v) is 7.36. The summed E-state index contributed by atoms with van der Waals surface area (Å²) >= 11 is 1.67. The van der Waals surface area contributed by atoms with Gasteiger partial charge >= 0.3 is 6.03 Å². The first-order valence-electron chi connectivity index (χ1n) is 8.44. The summed E-state index contributed by atoms with van der Waals surface area (Å²) in [5.74, 6) is 0.266. The third kappa shape index (κ3) is 6.76. The van der Waals surface area contributed by atoms with E-state index in [2.05, 4.69) is 27.0 Å². The number of urea groups is 1. The smallest absolute Gasteiger partial charge is 0.315 e. The van der Waals surface area contributed by atoms with Gasteiger partial charge in [0.15, 0.2) is 0 Å². The van der Waals surface area contributed by atoms with E-state index in [1.54, 1.807) is 23.5 Å². The maximum atomic E-state index is 12.1. The lowest BCUT2D eigenvalue weighted by molar-refractivity contribution is 0.229. The SMILES string of the molecule is C[C@@H](Cc1ccsc1)NC(=O)NCC(Cc1ccc(O)cc1)N(C)C. The Kier molecular flexibility index (Phi) is 7.28. The van der Waals surface area contributed by atoms with E-state index in [4.69, 9.17) is 0 Å². The first-order chi connectivity index (χ1) is 11.9. The van der Waals surface area contributed by atoms with Crippen molar-refractivity contribution in [3.8, 4) is 5.75 Å². The van der Waals surface area contributed by atoms with Gasteiger partial charge < -0.3 is 20.6 Å². The molecule has 0 bridgehead atoms. The molecule has 0 spiro atoms. The standard InChI is InChI=1S/C19H27N3O2S/c1-14(10-16-8-9-25-13-16)21-19(24)20-12-17(22(2)3)11-15-4-6-18(23)7-5-15/h4-9,13-14,17,23H,10-12H2,1-3H3,(H2,20,21,24)/t14-,17?/m0/s1. The number of carbonyl (C=O) groups excluding carboxylic acids is 1. The Balaban J connectivity index is 1.79. The topological polar surface area (TPSA) is 64.6 Å². The predicted octanol–water partition coefficient (Wildman–Crippen LogP) is 2.86. The lowest BCUT2D eigenvalue weighted by atomic mass is 10.0. The van der Waals surface area contributed by atoms with Gasteiger partial charge in [0.2, 0.25) is 0 Å². The highest BCUT2D eigenvalue weighted by Crippen LogP contribution is 2.12. The molecule has 2 aromatic rings. The normalized spacial score (nSPS) is 13.4. The van der Waals surface area contributed by atoms with Crippen molar-refractivity contribution in [3.63, 3.8) is 0 Å². The van der Waals surface area contributed by atoms with Crippen molar-refractivity contribution < 1.29 is 9.90 Å². The van der Waals surface area contributed by atoms with Crippen LogP contribution < -0.4 is 10.6 Å². The molecule has 2 atom stereocenters. The summed E-state index contributed by atoms with van der Waals surface area (Å²) < 4.78 is 0. The van der Waals surface area contributed by atoms with Crippen LogP contribution in [0, 0.1) is 0 Å². The Hall–Kier alpha value is -2.05. The van der Waals surface area contributed by atoms with E-state index in [9.17, 15) is 9.90 Å². The van der Waals surface area contributed by atoms with Gasteiger partial charge in [0.25, 0.3) is 0 Å². The fourth-order valence-electron chi connectivity index (χ4n) is 2.64. The molecular weight excluding hydrogens is 334 g/mol. The summed E-state index contributed by atoms with van der Waals surface area (Å²) in [6.45, 7) is 2.57. The third-order valence-corrected chi connectivity index (χ3v) is 4.87. The monoisotopic (exact) mass is 361 g/mol. The highest BCUT2D eigenvalue weighted by Gasteiger charge is 2.15. The van der Waals surface area contributed by atoms with Gasteiger partial charge in [-0.2, -0.15) is 11.3 Å². The van der Waals surface area contributed by atoms with Crippen molar-refractivity contribution >= 4 is 17.4 Å². The molecule has 1 unspecified atom stereocenters. The van der Waals surface area contributed by atoms with Gasteiger partial charge in [0.1, 0.15) is 5.75 Å². The molecule has 136 valence electrons. The number of benzene rings is 1. The van der Waals surface area contributed by atoms with Crippen molar-refractivity contribution in [2.75, 3.05) is 20.6 Å². The average Bonchev–Trinajstić information content (AvgIpc) is 3.05. The fraction of sp³-hybridized carbons (Fsp3) is 0.421. The number of carbonyl (C=O) groups is 1. The molecule has 0 saturated heterocycles. The molecule has 1 aromatic carbocycles. The number of phenols is 1. The highest BCUT2D eigenvalue weighted by atomic mass is 32.1. The number of hydrogen-bond donors (Lipinski definition) is 3. The molecular formula is C19H27N3O2S. The Morgan fingerprint density at radius 3 is 2.48 bits per heavy atom. The molecule has 0 radical (unpaired) electrons. The minimum Gasteiger partial charge on any atom is -0.508 e. The average molecular weight is 362 g/mol. The largest absolute Gasteiger partial charge is 0.508 e. The van der Waals surface area contributed by atoms with E-state index < -0.39 is 0 Å². The summed E-state index contributed by atoms with van der Waals surface area (Å²) in [6.07, 6.45) is 1.64. The van der Waals surface area contributed by atoms with Gasteiger partial charge in [-0.25, -0.2) is 4.79 Å². The first-order valence-corrected chi connectivity index (χ1v) is 9.38. The van der Waals surface area contributed by atoms with Gasteiger partial charge in [0.05, 0.1) is 0 Å². The molecule has 0 aliphatic rings. The van der Waals surface area contributed by atoms with E-state index in [0.717, 1.165) is 18.4 Å². The van der Waals surface area contributed by atoms with Crippen LogP contribution in [-0.2, 0) is 12.8 Å². The first kappa shape index (κ1) is 19.3. The van der Waals surface area contributed by atoms with Crippen molar-refractivity contribution in [2.24, 2.45) is 0 Å². The Bertz CT molecular complexity index is 641. The maximum Gasteiger partial charge on any atom is 0.315 e. The molecule has 2 rings (SSSR count). The van der Waals surface area contributed by atoms with Crippen molar-refractivity contribution in [1.29, 1.82) is 0 Å². The number of likely N-dealkylation sites (N-methyl/N-ethyl adjacent to an activating group) is 1. The number of thiophene rings is 1. The molecule has 25 heavy (non-hydrogen) atoms. The molecule has 0 aliphatic heterocycles. The summed E-state index contributed by atoms with van der Waals surface area (Å²) in [7, 11) is 4.01. The van der Waals surface area contributed by atoms with Crippen LogP contribution in [0.2, 0.25) is 0 Å². The molecule has 1 aromatic heterocycles. The third-order valence-electron chi connectivity index (χ3n) is 4.14. The maximum absolute atomic E-state index is 12.1. The van der Waals surface area contributed by atoms with Gasteiger partial charge in [-0.05, 0) is 73.9 Å². The molecule has 5 nitrogen and oxygen atoms in total. The van der Waals surface area contributed by atoms with E-state index in [1.807, 2.05) is 38.5 Å². The number of nitrogens with zero attached hydrogens (tertiary/aromatic N) is 1. The molecule has 0 saturated carbocycles.